The van der Waals surface area contributed by atoms with Crippen molar-refractivity contribution in [1.82, 2.24) is 0 Å². The molecule has 0 rings (SSSR count). The molecule has 0 saturated carbocycles. The third-order valence-corrected chi connectivity index (χ3v) is 12.4. The largest absolute Gasteiger partial charge is 0.462 e. The standard InChI is InChI=1S/C67H110O6/c1-4-7-10-13-16-19-22-25-27-28-29-30-31-32-33-34-35-36-37-38-40-42-45-48-51-54-57-60-66(69)72-63-64(62-71-65(68)59-56-53-50-47-44-41-24-21-18-15-12-9-6-3)73-67(70)61-58-55-52-49-46-43-39-26-23-20-17-14-11-8-5-2/h7,10,16,19,21,24-27,29-30,32-33,35-36,38-40,45,48,64H,4-6,8-9,11-15,17-18,20,22-23,28,31,34,37,41-44,46-47,49-63H2,1-3H3/b10-7-,19-16-,24-21-,27-25-,30-29-,33-32-,36-35-,39-26-,40-38-,48-45-. The van der Waals surface area contributed by atoms with Crippen molar-refractivity contribution < 1.29 is 28.6 Å². The molecule has 0 aliphatic rings. The molecule has 1 atom stereocenters. The summed E-state index contributed by atoms with van der Waals surface area (Å²) >= 11 is 0. The van der Waals surface area contributed by atoms with Crippen molar-refractivity contribution >= 4 is 17.9 Å². The van der Waals surface area contributed by atoms with Gasteiger partial charge in [0, 0.05) is 19.3 Å². The molecule has 0 aliphatic carbocycles. The lowest BCUT2D eigenvalue weighted by Crippen LogP contribution is -2.30. The van der Waals surface area contributed by atoms with Gasteiger partial charge in [0.1, 0.15) is 13.2 Å². The van der Waals surface area contributed by atoms with Crippen LogP contribution in [0.1, 0.15) is 265 Å². The van der Waals surface area contributed by atoms with Gasteiger partial charge < -0.3 is 14.2 Å². The Balaban J connectivity index is 4.44. The predicted molar refractivity (Wildman–Crippen MR) is 316 cm³/mol. The average Bonchev–Trinajstić information content (AvgIpc) is 3.39. The number of unbranched alkanes of at least 4 members (excludes halogenated alkanes) is 22. The molecule has 0 spiro atoms. The van der Waals surface area contributed by atoms with E-state index < -0.39 is 6.10 Å². The molecule has 414 valence electrons. The Kier molecular flexibility index (Phi) is 56.9. The van der Waals surface area contributed by atoms with E-state index >= 15 is 0 Å². The van der Waals surface area contributed by atoms with Crippen LogP contribution in [0.3, 0.4) is 0 Å². The Morgan fingerprint density at radius 3 is 0.890 bits per heavy atom. The molecule has 0 aromatic carbocycles. The molecule has 0 fully saturated rings. The number of carbonyl (C=O) groups excluding carboxylic acids is 3. The molecule has 0 aromatic rings. The van der Waals surface area contributed by atoms with Crippen LogP contribution in [-0.4, -0.2) is 37.2 Å². The van der Waals surface area contributed by atoms with Crippen molar-refractivity contribution in [2.45, 2.75) is 271 Å². The maximum Gasteiger partial charge on any atom is 0.306 e. The van der Waals surface area contributed by atoms with E-state index in [1.807, 2.05) is 0 Å². The van der Waals surface area contributed by atoms with Crippen LogP contribution in [-0.2, 0) is 28.6 Å². The molecular formula is C67H110O6. The molecule has 0 aliphatic heterocycles. The van der Waals surface area contributed by atoms with E-state index in [4.69, 9.17) is 14.2 Å². The van der Waals surface area contributed by atoms with Crippen molar-refractivity contribution in [3.63, 3.8) is 0 Å². The molecule has 6 heteroatoms. The second kappa shape index (κ2) is 60.4. The predicted octanol–water partition coefficient (Wildman–Crippen LogP) is 20.4. The number of ether oxygens (including phenoxy) is 3. The highest BCUT2D eigenvalue weighted by molar-refractivity contribution is 5.71. The topological polar surface area (TPSA) is 78.9 Å². The van der Waals surface area contributed by atoms with Crippen LogP contribution >= 0.6 is 0 Å². The van der Waals surface area contributed by atoms with Crippen molar-refractivity contribution in [3.8, 4) is 0 Å². The molecule has 0 N–H and O–H groups in total. The SMILES string of the molecule is CC/C=C\C/C=C\C/C=C\C/C=C\C/C=C\C/C=C\C/C=C\C/C=C\CCCCC(=O)OCC(COC(=O)CCCCCCC/C=C\CCCCCC)OC(=O)CCCCCCC/C=C\CCCCCCCC. The fourth-order valence-electron chi connectivity index (χ4n) is 7.92. The zero-order chi connectivity index (χ0) is 52.9. The molecule has 0 radical (unpaired) electrons. The van der Waals surface area contributed by atoms with Crippen LogP contribution in [0.5, 0.6) is 0 Å². The molecule has 6 nitrogen and oxygen atoms in total. The Hall–Kier alpha value is -4.19. The molecule has 73 heavy (non-hydrogen) atoms. The third-order valence-electron chi connectivity index (χ3n) is 12.4. The smallest absolute Gasteiger partial charge is 0.306 e. The summed E-state index contributed by atoms with van der Waals surface area (Å²) in [6, 6.07) is 0. The summed E-state index contributed by atoms with van der Waals surface area (Å²) in [7, 11) is 0. The van der Waals surface area contributed by atoms with Gasteiger partial charge in [0.15, 0.2) is 6.10 Å². The van der Waals surface area contributed by atoms with E-state index in [9.17, 15) is 14.4 Å². The molecule has 0 heterocycles. The number of esters is 3. The van der Waals surface area contributed by atoms with Crippen LogP contribution < -0.4 is 0 Å². The van der Waals surface area contributed by atoms with Crippen LogP contribution in [0.2, 0.25) is 0 Å². The van der Waals surface area contributed by atoms with Gasteiger partial charge in [-0.3, -0.25) is 14.4 Å². The minimum atomic E-state index is -0.807. The number of carbonyl (C=O) groups is 3. The third kappa shape index (κ3) is 58.6. The van der Waals surface area contributed by atoms with Crippen LogP contribution in [0.25, 0.3) is 0 Å². The van der Waals surface area contributed by atoms with Crippen LogP contribution in [0.4, 0.5) is 0 Å². The highest BCUT2D eigenvalue weighted by atomic mass is 16.6. The fraction of sp³-hybridized carbons (Fsp3) is 0.657. The average molecular weight is 1010 g/mol. The second-order valence-corrected chi connectivity index (χ2v) is 19.5. The van der Waals surface area contributed by atoms with Crippen molar-refractivity contribution in [3.05, 3.63) is 122 Å². The Morgan fingerprint density at radius 1 is 0.288 bits per heavy atom. The molecule has 0 aromatic heterocycles. The Bertz CT molecular complexity index is 1540. The van der Waals surface area contributed by atoms with E-state index in [0.29, 0.717) is 25.7 Å². The summed E-state index contributed by atoms with van der Waals surface area (Å²) in [6.07, 6.45) is 83.4. The summed E-state index contributed by atoms with van der Waals surface area (Å²) in [6.45, 7) is 6.45. The summed E-state index contributed by atoms with van der Waals surface area (Å²) < 4.78 is 16.8. The normalized spacial score (nSPS) is 13.0. The van der Waals surface area contributed by atoms with Crippen LogP contribution in [0, 0.1) is 0 Å². The van der Waals surface area contributed by atoms with Gasteiger partial charge in [0.25, 0.3) is 0 Å². The van der Waals surface area contributed by atoms with Gasteiger partial charge in [-0.05, 0) is 135 Å². The first kappa shape index (κ1) is 68.8. The number of rotatable bonds is 53. The summed E-state index contributed by atoms with van der Waals surface area (Å²) in [4.78, 5) is 38.2. The number of hydrogen-bond donors (Lipinski definition) is 0. The van der Waals surface area contributed by atoms with Gasteiger partial charge >= 0.3 is 17.9 Å². The lowest BCUT2D eigenvalue weighted by molar-refractivity contribution is -0.167. The van der Waals surface area contributed by atoms with E-state index in [-0.39, 0.29) is 31.1 Å². The van der Waals surface area contributed by atoms with Gasteiger partial charge in [-0.25, -0.2) is 0 Å². The highest BCUT2D eigenvalue weighted by Gasteiger charge is 2.19. The van der Waals surface area contributed by atoms with Gasteiger partial charge in [-0.15, -0.1) is 0 Å². The maximum absolute atomic E-state index is 12.9. The zero-order valence-corrected chi connectivity index (χ0v) is 47.4. The van der Waals surface area contributed by atoms with E-state index in [1.165, 1.54) is 89.9 Å². The number of allylic oxidation sites excluding steroid dienone is 20. The van der Waals surface area contributed by atoms with E-state index in [2.05, 4.69) is 142 Å². The summed E-state index contributed by atoms with van der Waals surface area (Å²) in [5.74, 6) is -0.964. The van der Waals surface area contributed by atoms with Crippen molar-refractivity contribution in [2.24, 2.45) is 0 Å². The van der Waals surface area contributed by atoms with Gasteiger partial charge in [-0.1, -0.05) is 232 Å². The van der Waals surface area contributed by atoms with Crippen LogP contribution in [0.15, 0.2) is 122 Å². The first-order chi connectivity index (χ1) is 36.0. The maximum atomic E-state index is 12.9. The quantitative estimate of drug-likeness (QED) is 0.0261. The summed E-state index contributed by atoms with van der Waals surface area (Å²) in [5, 5.41) is 0. The minimum absolute atomic E-state index is 0.102. The van der Waals surface area contributed by atoms with Gasteiger partial charge in [-0.2, -0.15) is 0 Å². The first-order valence-electron chi connectivity index (χ1n) is 30.0. The zero-order valence-electron chi connectivity index (χ0n) is 47.4. The lowest BCUT2D eigenvalue weighted by atomic mass is 10.1. The fourth-order valence-corrected chi connectivity index (χ4v) is 7.92. The van der Waals surface area contributed by atoms with Gasteiger partial charge in [0.2, 0.25) is 0 Å². The van der Waals surface area contributed by atoms with E-state index in [1.54, 1.807) is 0 Å². The Morgan fingerprint density at radius 2 is 0.534 bits per heavy atom. The monoisotopic (exact) mass is 1010 g/mol. The highest BCUT2D eigenvalue weighted by Crippen LogP contribution is 2.14. The van der Waals surface area contributed by atoms with Gasteiger partial charge in [0.05, 0.1) is 0 Å². The Labute approximate surface area is 450 Å². The lowest BCUT2D eigenvalue weighted by Gasteiger charge is -2.18. The minimum Gasteiger partial charge on any atom is -0.462 e. The van der Waals surface area contributed by atoms with E-state index in [0.717, 1.165) is 128 Å². The first-order valence-corrected chi connectivity index (χ1v) is 30.0. The summed E-state index contributed by atoms with van der Waals surface area (Å²) in [5.41, 5.74) is 0. The van der Waals surface area contributed by atoms with Crippen molar-refractivity contribution in [2.75, 3.05) is 13.2 Å². The molecule has 1 unspecified atom stereocenters. The molecule has 0 bridgehead atoms. The second-order valence-electron chi connectivity index (χ2n) is 19.5. The molecule has 0 saturated heterocycles. The molecule has 0 amide bonds. The molecular weight excluding hydrogens is 901 g/mol. The number of hydrogen-bond acceptors (Lipinski definition) is 6. The van der Waals surface area contributed by atoms with Crippen molar-refractivity contribution in [1.29, 1.82) is 0 Å².